The van der Waals surface area contributed by atoms with Crippen molar-refractivity contribution >= 4 is 18.3 Å². The van der Waals surface area contributed by atoms with Gasteiger partial charge >= 0.3 is 0 Å². The molecule has 0 spiro atoms. The van der Waals surface area contributed by atoms with E-state index in [2.05, 4.69) is 5.48 Å². The summed E-state index contributed by atoms with van der Waals surface area (Å²) in [6, 6.07) is 0. The summed E-state index contributed by atoms with van der Waals surface area (Å²) >= 11 is 0. The van der Waals surface area contributed by atoms with E-state index in [1.54, 1.807) is 0 Å². The van der Waals surface area contributed by atoms with E-state index in [4.69, 9.17) is 10.6 Å². The predicted octanol–water partition coefficient (Wildman–Crippen LogP) is -0.175. The highest BCUT2D eigenvalue weighted by atomic mass is 35.5. The van der Waals surface area contributed by atoms with E-state index in [0.717, 1.165) is 12.8 Å². The van der Waals surface area contributed by atoms with Crippen LogP contribution in [0.2, 0.25) is 0 Å². The minimum absolute atomic E-state index is 0. The molecule has 5 heteroatoms. The number of primary amides is 1. The normalized spacial score (nSPS) is 24.9. The zero-order chi connectivity index (χ0) is 7.40. The number of amides is 1. The number of halogens is 1. The van der Waals surface area contributed by atoms with Gasteiger partial charge in [-0.2, -0.15) is 0 Å². The number of hydroxylamine groups is 1. The van der Waals surface area contributed by atoms with Crippen molar-refractivity contribution < 1.29 is 9.63 Å². The Kier molecular flexibility index (Phi) is 5.19. The minimum Gasteiger partial charge on any atom is -0.369 e. The summed E-state index contributed by atoms with van der Waals surface area (Å²) in [6.07, 6.45) is 1.74. The maximum atomic E-state index is 10.6. The lowest BCUT2D eigenvalue weighted by molar-refractivity contribution is -0.122. The van der Waals surface area contributed by atoms with Crippen LogP contribution < -0.4 is 11.2 Å². The molecule has 1 unspecified atom stereocenters. The summed E-state index contributed by atoms with van der Waals surface area (Å²) in [6.45, 7) is 1.22. The SMILES string of the molecule is Cl.NC(=O)C1CCCONC1. The van der Waals surface area contributed by atoms with Crippen LogP contribution in [-0.4, -0.2) is 19.1 Å². The first kappa shape index (κ1) is 10.7. The van der Waals surface area contributed by atoms with Crippen LogP contribution >= 0.6 is 12.4 Å². The van der Waals surface area contributed by atoms with Crippen molar-refractivity contribution in [3.63, 3.8) is 0 Å². The van der Waals surface area contributed by atoms with Crippen molar-refractivity contribution in [2.45, 2.75) is 12.8 Å². The number of nitrogens with two attached hydrogens (primary N) is 1. The summed E-state index contributed by atoms with van der Waals surface area (Å²) in [7, 11) is 0. The lowest BCUT2D eigenvalue weighted by Gasteiger charge is -2.06. The molecule has 0 saturated carbocycles. The van der Waals surface area contributed by atoms with Crippen LogP contribution in [0.5, 0.6) is 0 Å². The van der Waals surface area contributed by atoms with Crippen LogP contribution in [0, 0.1) is 5.92 Å². The first-order valence-electron chi connectivity index (χ1n) is 3.44. The Balaban J connectivity index is 0.000001000. The van der Waals surface area contributed by atoms with Gasteiger partial charge in [0.1, 0.15) is 0 Å². The molecule has 1 fully saturated rings. The number of carbonyl (C=O) groups is 1. The number of nitrogens with one attached hydrogen (secondary N) is 1. The van der Waals surface area contributed by atoms with Crippen molar-refractivity contribution in [3.05, 3.63) is 0 Å². The Labute approximate surface area is 71.8 Å². The van der Waals surface area contributed by atoms with Gasteiger partial charge in [0.05, 0.1) is 12.5 Å². The molecule has 0 aliphatic carbocycles. The molecular formula is C6H13ClN2O2. The quantitative estimate of drug-likeness (QED) is 0.589. The second kappa shape index (κ2) is 5.35. The van der Waals surface area contributed by atoms with Gasteiger partial charge in [-0.25, -0.2) is 5.48 Å². The van der Waals surface area contributed by atoms with Crippen molar-refractivity contribution in [2.24, 2.45) is 11.7 Å². The van der Waals surface area contributed by atoms with Crippen molar-refractivity contribution in [1.82, 2.24) is 5.48 Å². The van der Waals surface area contributed by atoms with Gasteiger partial charge in [-0.1, -0.05) is 0 Å². The van der Waals surface area contributed by atoms with E-state index in [9.17, 15) is 4.79 Å². The van der Waals surface area contributed by atoms with Gasteiger partial charge < -0.3 is 10.6 Å². The summed E-state index contributed by atoms with van der Waals surface area (Å²) in [4.78, 5) is 15.6. The minimum atomic E-state index is -0.238. The molecule has 0 bridgehead atoms. The van der Waals surface area contributed by atoms with Crippen LogP contribution in [0.25, 0.3) is 0 Å². The molecule has 1 aliphatic heterocycles. The lowest BCUT2D eigenvalue weighted by Crippen LogP contribution is -2.30. The first-order chi connectivity index (χ1) is 4.80. The Bertz CT molecular complexity index is 124. The van der Waals surface area contributed by atoms with E-state index >= 15 is 0 Å². The Morgan fingerprint density at radius 3 is 3.00 bits per heavy atom. The van der Waals surface area contributed by atoms with Gasteiger partial charge in [0.25, 0.3) is 0 Å². The molecule has 1 rings (SSSR count). The lowest BCUT2D eigenvalue weighted by atomic mass is 10.0. The van der Waals surface area contributed by atoms with E-state index < -0.39 is 0 Å². The fourth-order valence-electron chi connectivity index (χ4n) is 0.979. The van der Waals surface area contributed by atoms with Gasteiger partial charge in [-0.05, 0) is 12.8 Å². The molecule has 11 heavy (non-hydrogen) atoms. The largest absolute Gasteiger partial charge is 0.369 e. The zero-order valence-corrected chi connectivity index (χ0v) is 7.02. The fourth-order valence-corrected chi connectivity index (χ4v) is 0.979. The van der Waals surface area contributed by atoms with E-state index in [1.165, 1.54) is 0 Å². The molecule has 0 radical (unpaired) electrons. The summed E-state index contributed by atoms with van der Waals surface area (Å²) in [5, 5.41) is 0. The topological polar surface area (TPSA) is 64.4 Å². The van der Waals surface area contributed by atoms with Crippen LogP contribution in [0.3, 0.4) is 0 Å². The van der Waals surface area contributed by atoms with Crippen LogP contribution in [0.1, 0.15) is 12.8 Å². The first-order valence-corrected chi connectivity index (χ1v) is 3.44. The van der Waals surface area contributed by atoms with Gasteiger partial charge in [-0.3, -0.25) is 4.79 Å². The van der Waals surface area contributed by atoms with Gasteiger partial charge in [0.2, 0.25) is 5.91 Å². The highest BCUT2D eigenvalue weighted by Gasteiger charge is 2.16. The molecule has 0 aromatic heterocycles. The van der Waals surface area contributed by atoms with Crippen LogP contribution in [0.15, 0.2) is 0 Å². The van der Waals surface area contributed by atoms with Crippen LogP contribution in [-0.2, 0) is 9.63 Å². The summed E-state index contributed by atoms with van der Waals surface area (Å²) in [5.41, 5.74) is 7.78. The van der Waals surface area contributed by atoms with E-state index in [0.29, 0.717) is 13.2 Å². The molecule has 3 N–H and O–H groups in total. The highest BCUT2D eigenvalue weighted by Crippen LogP contribution is 2.07. The Morgan fingerprint density at radius 1 is 1.64 bits per heavy atom. The third kappa shape index (κ3) is 3.55. The second-order valence-electron chi connectivity index (χ2n) is 2.44. The number of hydrogen-bond donors (Lipinski definition) is 2. The zero-order valence-electron chi connectivity index (χ0n) is 6.21. The molecule has 1 amide bonds. The second-order valence-corrected chi connectivity index (χ2v) is 2.44. The predicted molar refractivity (Wildman–Crippen MR) is 43.1 cm³/mol. The average Bonchev–Trinajstić information content (AvgIpc) is 2.12. The Morgan fingerprint density at radius 2 is 2.36 bits per heavy atom. The maximum absolute atomic E-state index is 10.6. The monoisotopic (exact) mass is 180 g/mol. The fraction of sp³-hybridized carbons (Fsp3) is 0.833. The molecular weight excluding hydrogens is 168 g/mol. The van der Waals surface area contributed by atoms with Gasteiger partial charge in [0.15, 0.2) is 0 Å². The highest BCUT2D eigenvalue weighted by molar-refractivity contribution is 5.85. The molecule has 1 aliphatic rings. The summed E-state index contributed by atoms with van der Waals surface area (Å²) < 4.78 is 0. The number of carbonyl (C=O) groups excluding carboxylic acids is 1. The van der Waals surface area contributed by atoms with Crippen molar-refractivity contribution in [2.75, 3.05) is 13.2 Å². The molecule has 1 atom stereocenters. The average molecular weight is 181 g/mol. The third-order valence-corrected chi connectivity index (χ3v) is 1.63. The number of hydrogen-bond acceptors (Lipinski definition) is 3. The smallest absolute Gasteiger partial charge is 0.221 e. The number of rotatable bonds is 1. The molecule has 1 saturated heterocycles. The van der Waals surface area contributed by atoms with Gasteiger partial charge in [0, 0.05) is 6.54 Å². The third-order valence-electron chi connectivity index (χ3n) is 1.63. The van der Waals surface area contributed by atoms with E-state index in [-0.39, 0.29) is 24.2 Å². The standard InChI is InChI=1S/C6H12N2O2.ClH/c7-6(9)5-2-1-3-10-8-4-5;/h5,8H,1-4H2,(H2,7,9);1H. The van der Waals surface area contributed by atoms with Crippen molar-refractivity contribution in [3.8, 4) is 0 Å². The molecule has 4 nitrogen and oxygen atoms in total. The van der Waals surface area contributed by atoms with Crippen LogP contribution in [0.4, 0.5) is 0 Å². The Hall–Kier alpha value is -0.320. The van der Waals surface area contributed by atoms with Crippen molar-refractivity contribution in [1.29, 1.82) is 0 Å². The molecule has 1 heterocycles. The van der Waals surface area contributed by atoms with Gasteiger partial charge in [-0.15, -0.1) is 12.4 Å². The molecule has 0 aromatic carbocycles. The molecule has 0 aromatic rings. The summed E-state index contributed by atoms with van der Waals surface area (Å²) in [5.74, 6) is -0.291. The maximum Gasteiger partial charge on any atom is 0.221 e. The van der Waals surface area contributed by atoms with E-state index in [1.807, 2.05) is 0 Å². The molecule has 66 valence electrons.